The van der Waals surface area contributed by atoms with Crippen molar-refractivity contribution in [3.05, 3.63) is 0 Å². The fourth-order valence-corrected chi connectivity index (χ4v) is 2.73. The van der Waals surface area contributed by atoms with E-state index in [1.807, 2.05) is 20.8 Å². The molecule has 0 aliphatic carbocycles. The lowest BCUT2D eigenvalue weighted by molar-refractivity contribution is -0.150. The number of morpholine rings is 1. The van der Waals surface area contributed by atoms with Crippen molar-refractivity contribution in [3.8, 4) is 0 Å². The Labute approximate surface area is 112 Å². The Kier molecular flexibility index (Phi) is 3.71. The Morgan fingerprint density at radius 3 is 2.16 bits per heavy atom. The number of aliphatic carboxylic acids is 1. The van der Waals surface area contributed by atoms with Crippen LogP contribution in [0.2, 0.25) is 0 Å². The predicted molar refractivity (Wildman–Crippen MR) is 66.8 cm³/mol. The summed E-state index contributed by atoms with van der Waals surface area (Å²) in [7, 11) is 0. The number of hydrogen-bond acceptors (Lipinski definition) is 4. The maximum Gasteiger partial charge on any atom is 0.410 e. The van der Waals surface area contributed by atoms with Crippen molar-refractivity contribution < 1.29 is 24.2 Å². The summed E-state index contributed by atoms with van der Waals surface area (Å²) in [6.45, 7) is 6.24. The molecule has 6 heteroatoms. The normalized spacial score (nSPS) is 30.9. The Morgan fingerprint density at radius 1 is 1.21 bits per heavy atom. The second-order valence-corrected chi connectivity index (χ2v) is 6.24. The highest BCUT2D eigenvalue weighted by Crippen LogP contribution is 2.32. The third-order valence-corrected chi connectivity index (χ3v) is 3.47. The van der Waals surface area contributed by atoms with Gasteiger partial charge in [0.15, 0.2) is 0 Å². The molecule has 6 nitrogen and oxygen atoms in total. The van der Waals surface area contributed by atoms with Gasteiger partial charge >= 0.3 is 12.1 Å². The van der Waals surface area contributed by atoms with Gasteiger partial charge in [0.25, 0.3) is 0 Å². The average Bonchev–Trinajstić information content (AvgIpc) is 2.24. The zero-order chi connectivity index (χ0) is 14.2. The summed E-state index contributed by atoms with van der Waals surface area (Å²) in [5.74, 6) is -1.18. The van der Waals surface area contributed by atoms with Gasteiger partial charge in [0.1, 0.15) is 5.60 Å². The van der Waals surface area contributed by atoms with Gasteiger partial charge in [-0.2, -0.15) is 0 Å². The van der Waals surface area contributed by atoms with Gasteiger partial charge < -0.3 is 14.6 Å². The van der Waals surface area contributed by atoms with Crippen molar-refractivity contribution in [1.82, 2.24) is 4.90 Å². The van der Waals surface area contributed by atoms with E-state index >= 15 is 0 Å². The van der Waals surface area contributed by atoms with Crippen molar-refractivity contribution in [2.45, 2.75) is 51.3 Å². The molecule has 1 unspecified atom stereocenters. The summed E-state index contributed by atoms with van der Waals surface area (Å²) in [4.78, 5) is 25.0. The van der Waals surface area contributed by atoms with Crippen LogP contribution >= 0.6 is 0 Å². The molecule has 2 bridgehead atoms. The smallest absolute Gasteiger partial charge is 0.410 e. The number of carbonyl (C=O) groups is 2. The lowest BCUT2D eigenvalue weighted by Gasteiger charge is -2.47. The molecule has 0 aromatic heterocycles. The van der Waals surface area contributed by atoms with E-state index in [2.05, 4.69) is 0 Å². The third kappa shape index (κ3) is 3.18. The summed E-state index contributed by atoms with van der Waals surface area (Å²) in [5, 5.41) is 9.13. The number of hydrogen-bond donors (Lipinski definition) is 1. The van der Waals surface area contributed by atoms with E-state index in [4.69, 9.17) is 14.6 Å². The second-order valence-electron chi connectivity index (χ2n) is 6.24. The van der Waals surface area contributed by atoms with Crippen LogP contribution in [0, 0.1) is 5.92 Å². The van der Waals surface area contributed by atoms with Crippen molar-refractivity contribution in [1.29, 1.82) is 0 Å². The first-order chi connectivity index (χ1) is 8.78. The largest absolute Gasteiger partial charge is 0.481 e. The summed E-state index contributed by atoms with van der Waals surface area (Å²) in [6.07, 6.45) is 0.505. The van der Waals surface area contributed by atoms with Crippen molar-refractivity contribution in [2.24, 2.45) is 5.92 Å². The third-order valence-electron chi connectivity index (χ3n) is 3.47. The summed E-state index contributed by atoms with van der Waals surface area (Å²) >= 11 is 0. The van der Waals surface area contributed by atoms with E-state index in [0.29, 0.717) is 26.1 Å². The van der Waals surface area contributed by atoms with Crippen LogP contribution in [0.5, 0.6) is 0 Å². The van der Waals surface area contributed by atoms with Crippen LogP contribution < -0.4 is 0 Å². The van der Waals surface area contributed by atoms with Gasteiger partial charge in [-0.15, -0.1) is 0 Å². The average molecular weight is 271 g/mol. The molecular weight excluding hydrogens is 250 g/mol. The molecule has 19 heavy (non-hydrogen) atoms. The van der Waals surface area contributed by atoms with Crippen LogP contribution in [0.1, 0.15) is 33.6 Å². The maximum atomic E-state index is 12.2. The molecule has 2 saturated heterocycles. The number of nitrogens with zero attached hydrogens (tertiary/aromatic N) is 1. The van der Waals surface area contributed by atoms with Gasteiger partial charge in [-0.05, 0) is 33.6 Å². The lowest BCUT2D eigenvalue weighted by atomic mass is 9.85. The lowest BCUT2D eigenvalue weighted by Crippen LogP contribution is -2.60. The summed E-state index contributed by atoms with van der Waals surface area (Å²) < 4.78 is 10.8. The maximum absolute atomic E-state index is 12.2. The second kappa shape index (κ2) is 5.00. The number of piperidine rings is 1. The molecular formula is C13H21NO5. The molecule has 1 amide bonds. The van der Waals surface area contributed by atoms with Crippen molar-refractivity contribution in [2.75, 3.05) is 13.2 Å². The van der Waals surface area contributed by atoms with Crippen LogP contribution in [0.15, 0.2) is 0 Å². The predicted octanol–water partition coefficient (Wildman–Crippen LogP) is 1.49. The van der Waals surface area contributed by atoms with E-state index in [-0.39, 0.29) is 18.2 Å². The summed E-state index contributed by atoms with van der Waals surface area (Å²) in [6, 6.07) is -0.383. The fraction of sp³-hybridized carbons (Fsp3) is 0.846. The van der Waals surface area contributed by atoms with E-state index in [1.54, 1.807) is 4.90 Å². The highest BCUT2D eigenvalue weighted by Gasteiger charge is 2.45. The molecule has 1 N–H and O–H groups in total. The number of carboxylic acids is 1. The Morgan fingerprint density at radius 2 is 1.74 bits per heavy atom. The van der Waals surface area contributed by atoms with E-state index in [1.165, 1.54) is 0 Å². The number of rotatable bonds is 1. The van der Waals surface area contributed by atoms with Gasteiger partial charge in [0.05, 0.1) is 31.2 Å². The molecule has 2 fully saturated rings. The quantitative estimate of drug-likeness (QED) is 0.782. The Balaban J connectivity index is 2.10. The molecule has 2 aliphatic rings. The highest BCUT2D eigenvalue weighted by molar-refractivity contribution is 5.73. The zero-order valence-electron chi connectivity index (χ0n) is 11.6. The minimum absolute atomic E-state index is 0.191. The first-order valence-electron chi connectivity index (χ1n) is 6.60. The van der Waals surface area contributed by atoms with Crippen molar-refractivity contribution >= 4 is 12.1 Å². The molecule has 0 spiro atoms. The van der Waals surface area contributed by atoms with Gasteiger partial charge in [-0.25, -0.2) is 4.79 Å². The topological polar surface area (TPSA) is 76.1 Å². The highest BCUT2D eigenvalue weighted by atomic mass is 16.6. The van der Waals surface area contributed by atoms with Crippen molar-refractivity contribution in [3.63, 3.8) is 0 Å². The molecule has 0 radical (unpaired) electrons. The number of carbonyl (C=O) groups excluding carboxylic acids is 1. The molecule has 2 rings (SSSR count). The van der Waals surface area contributed by atoms with Crippen LogP contribution in [0.25, 0.3) is 0 Å². The minimum Gasteiger partial charge on any atom is -0.481 e. The Bertz CT molecular complexity index is 362. The van der Waals surface area contributed by atoms with Crippen LogP contribution in [-0.4, -0.2) is 53.0 Å². The molecule has 0 aromatic carbocycles. The first kappa shape index (κ1) is 14.1. The molecule has 0 aromatic rings. The van der Waals surface area contributed by atoms with Gasteiger partial charge in [-0.1, -0.05) is 0 Å². The monoisotopic (exact) mass is 271 g/mol. The first-order valence-corrected chi connectivity index (χ1v) is 6.60. The van der Waals surface area contributed by atoms with Crippen LogP contribution in [0.4, 0.5) is 4.79 Å². The molecule has 3 atom stereocenters. The number of ether oxygens (including phenoxy) is 2. The molecule has 0 saturated carbocycles. The van der Waals surface area contributed by atoms with Crippen LogP contribution in [0.3, 0.4) is 0 Å². The number of fused-ring (bicyclic) bond motifs is 2. The SMILES string of the molecule is CC(C)(C)OC(=O)N1[C@@H]2COC[C@H]1CC(C(=O)O)C2. The standard InChI is InChI=1S/C13H21NO5/c1-13(2,3)19-12(17)14-9-4-8(11(15)16)5-10(14)7-18-6-9/h8-10H,4-7H2,1-3H3,(H,15,16)/t8?,9-,10+. The fourth-order valence-electron chi connectivity index (χ4n) is 2.73. The van der Waals surface area contributed by atoms with Crippen LogP contribution in [-0.2, 0) is 14.3 Å². The summed E-state index contributed by atoms with van der Waals surface area (Å²) in [5.41, 5.74) is -0.546. The number of carboxylic acid groups (broad SMARTS) is 1. The zero-order valence-corrected chi connectivity index (χ0v) is 11.6. The van der Waals surface area contributed by atoms with E-state index in [9.17, 15) is 9.59 Å². The Hall–Kier alpha value is -1.30. The molecule has 2 aliphatic heterocycles. The molecule has 2 heterocycles. The van der Waals surface area contributed by atoms with Gasteiger partial charge in [0.2, 0.25) is 0 Å². The molecule has 108 valence electrons. The van der Waals surface area contributed by atoms with Gasteiger partial charge in [-0.3, -0.25) is 9.69 Å². The van der Waals surface area contributed by atoms with Gasteiger partial charge in [0, 0.05) is 0 Å². The van der Waals surface area contributed by atoms with E-state index < -0.39 is 17.5 Å². The number of amides is 1. The minimum atomic E-state index is -0.791. The van der Waals surface area contributed by atoms with E-state index in [0.717, 1.165) is 0 Å².